The minimum Gasteiger partial charge on any atom is -0.495 e. The number of carbonyl (C=O) groups is 1. The molecule has 8 heteroatoms. The number of anilines is 2. The molecule has 0 atom stereocenters. The second kappa shape index (κ2) is 8.35. The van der Waals surface area contributed by atoms with Crippen LogP contribution in [0.1, 0.15) is 23.8 Å². The summed E-state index contributed by atoms with van der Waals surface area (Å²) in [6.45, 7) is 2.85. The molecule has 128 valence electrons. The van der Waals surface area contributed by atoms with Gasteiger partial charge in [0.05, 0.1) is 24.9 Å². The van der Waals surface area contributed by atoms with Gasteiger partial charge in [-0.3, -0.25) is 4.79 Å². The molecule has 0 fully saturated rings. The number of carbonyl (C=O) groups excluding carboxylic acids is 1. The third-order valence-electron chi connectivity index (χ3n) is 3.18. The number of hydrogen-bond donors (Lipinski definition) is 2. The molecule has 0 saturated carbocycles. The van der Waals surface area contributed by atoms with E-state index in [1.807, 2.05) is 0 Å². The largest absolute Gasteiger partial charge is 0.495 e. The van der Waals surface area contributed by atoms with Crippen molar-refractivity contribution in [3.8, 4) is 11.5 Å². The van der Waals surface area contributed by atoms with E-state index in [0.717, 1.165) is 13.0 Å². The SMILES string of the molecule is CCCNc1ccc(C(=O)Nc2cc(OC)c(Cl)cc2OC)nn1. The predicted octanol–water partition coefficient (Wildman–Crippen LogP) is 3.22. The smallest absolute Gasteiger partial charge is 0.276 e. The van der Waals surface area contributed by atoms with Crippen LogP contribution in [0.4, 0.5) is 11.5 Å². The number of amides is 1. The van der Waals surface area contributed by atoms with Gasteiger partial charge in [-0.1, -0.05) is 18.5 Å². The second-order valence-electron chi connectivity index (χ2n) is 4.87. The Kier molecular flexibility index (Phi) is 6.20. The van der Waals surface area contributed by atoms with E-state index in [1.54, 1.807) is 24.3 Å². The summed E-state index contributed by atoms with van der Waals surface area (Å²) >= 11 is 6.05. The number of hydrogen-bond acceptors (Lipinski definition) is 6. The summed E-state index contributed by atoms with van der Waals surface area (Å²) in [4.78, 5) is 12.3. The van der Waals surface area contributed by atoms with Gasteiger partial charge >= 0.3 is 0 Å². The molecule has 1 aromatic carbocycles. The van der Waals surface area contributed by atoms with E-state index in [1.165, 1.54) is 14.2 Å². The van der Waals surface area contributed by atoms with Gasteiger partial charge in [-0.25, -0.2) is 0 Å². The number of ether oxygens (including phenoxy) is 2. The standard InChI is InChI=1S/C16H19ClN4O3/c1-4-7-18-15-6-5-11(20-21-15)16(22)19-12-9-13(23-2)10(17)8-14(12)24-3/h5-6,8-9H,4,7H2,1-3H3,(H,18,21)(H,19,22). The zero-order valence-electron chi connectivity index (χ0n) is 13.7. The maximum atomic E-state index is 12.3. The lowest BCUT2D eigenvalue weighted by Gasteiger charge is -2.13. The Labute approximate surface area is 145 Å². The van der Waals surface area contributed by atoms with E-state index in [4.69, 9.17) is 21.1 Å². The van der Waals surface area contributed by atoms with Crippen LogP contribution in [0.3, 0.4) is 0 Å². The number of methoxy groups -OCH3 is 2. The minimum atomic E-state index is -0.410. The third-order valence-corrected chi connectivity index (χ3v) is 3.47. The lowest BCUT2D eigenvalue weighted by molar-refractivity contribution is 0.102. The molecule has 0 aliphatic carbocycles. The highest BCUT2D eigenvalue weighted by Crippen LogP contribution is 2.35. The lowest BCUT2D eigenvalue weighted by atomic mass is 10.2. The van der Waals surface area contributed by atoms with Crippen LogP contribution in [0.15, 0.2) is 24.3 Å². The van der Waals surface area contributed by atoms with Crippen molar-refractivity contribution in [2.45, 2.75) is 13.3 Å². The van der Waals surface area contributed by atoms with Crippen molar-refractivity contribution in [2.75, 3.05) is 31.4 Å². The molecule has 2 rings (SSSR count). The van der Waals surface area contributed by atoms with Crippen molar-refractivity contribution in [1.82, 2.24) is 10.2 Å². The summed E-state index contributed by atoms with van der Waals surface area (Å²) in [6.07, 6.45) is 0.974. The Morgan fingerprint density at radius 1 is 1.17 bits per heavy atom. The average Bonchev–Trinajstić information content (AvgIpc) is 2.61. The molecule has 0 bridgehead atoms. The first-order chi connectivity index (χ1) is 11.6. The predicted molar refractivity (Wildman–Crippen MR) is 93.3 cm³/mol. The molecule has 1 aromatic heterocycles. The highest BCUT2D eigenvalue weighted by atomic mass is 35.5. The molecule has 0 saturated heterocycles. The monoisotopic (exact) mass is 350 g/mol. The van der Waals surface area contributed by atoms with Gasteiger partial charge in [-0.2, -0.15) is 0 Å². The molecule has 2 N–H and O–H groups in total. The Balaban J connectivity index is 2.17. The number of aromatic nitrogens is 2. The number of rotatable bonds is 7. The second-order valence-corrected chi connectivity index (χ2v) is 5.28. The summed E-state index contributed by atoms with van der Waals surface area (Å²) in [6, 6.07) is 6.46. The van der Waals surface area contributed by atoms with Crippen molar-refractivity contribution in [2.24, 2.45) is 0 Å². The molecule has 1 heterocycles. The van der Waals surface area contributed by atoms with Gasteiger partial charge in [0, 0.05) is 18.7 Å². The first kappa shape index (κ1) is 17.8. The van der Waals surface area contributed by atoms with E-state index < -0.39 is 5.91 Å². The maximum absolute atomic E-state index is 12.3. The third kappa shape index (κ3) is 4.26. The van der Waals surface area contributed by atoms with Gasteiger partial charge in [-0.05, 0) is 18.6 Å². The summed E-state index contributed by atoms with van der Waals surface area (Å²) in [5.41, 5.74) is 0.617. The number of benzene rings is 1. The first-order valence-electron chi connectivity index (χ1n) is 7.39. The fourth-order valence-corrected chi connectivity index (χ4v) is 2.18. The Hall–Kier alpha value is -2.54. The summed E-state index contributed by atoms with van der Waals surface area (Å²) in [5, 5.41) is 14.1. The van der Waals surface area contributed by atoms with Crippen LogP contribution in [-0.2, 0) is 0 Å². The van der Waals surface area contributed by atoms with Crippen LogP contribution in [0.25, 0.3) is 0 Å². The Morgan fingerprint density at radius 3 is 2.50 bits per heavy atom. The summed E-state index contributed by atoms with van der Waals surface area (Å²) in [5.74, 6) is 1.06. The van der Waals surface area contributed by atoms with Crippen LogP contribution in [0, 0.1) is 0 Å². The highest BCUT2D eigenvalue weighted by molar-refractivity contribution is 6.32. The highest BCUT2D eigenvalue weighted by Gasteiger charge is 2.15. The van der Waals surface area contributed by atoms with Crippen LogP contribution in [0.5, 0.6) is 11.5 Å². The molecular formula is C16H19ClN4O3. The van der Waals surface area contributed by atoms with E-state index >= 15 is 0 Å². The van der Waals surface area contributed by atoms with Gasteiger partial charge < -0.3 is 20.1 Å². The van der Waals surface area contributed by atoms with Crippen molar-refractivity contribution < 1.29 is 14.3 Å². The zero-order valence-corrected chi connectivity index (χ0v) is 14.5. The van der Waals surface area contributed by atoms with Crippen LogP contribution < -0.4 is 20.1 Å². The fourth-order valence-electron chi connectivity index (χ4n) is 1.95. The molecule has 0 aliphatic rings. The molecular weight excluding hydrogens is 332 g/mol. The average molecular weight is 351 g/mol. The van der Waals surface area contributed by atoms with Crippen LogP contribution >= 0.6 is 11.6 Å². The van der Waals surface area contributed by atoms with Crippen LogP contribution in [-0.4, -0.2) is 36.9 Å². The van der Waals surface area contributed by atoms with E-state index in [9.17, 15) is 4.79 Å². The van der Waals surface area contributed by atoms with Crippen LogP contribution in [0.2, 0.25) is 5.02 Å². The lowest BCUT2D eigenvalue weighted by Crippen LogP contribution is -2.15. The molecule has 1 amide bonds. The fraction of sp³-hybridized carbons (Fsp3) is 0.312. The minimum absolute atomic E-state index is 0.188. The first-order valence-corrected chi connectivity index (χ1v) is 7.77. The summed E-state index contributed by atoms with van der Waals surface area (Å²) in [7, 11) is 2.98. The number of nitrogens with one attached hydrogen (secondary N) is 2. The topological polar surface area (TPSA) is 85.4 Å². The zero-order chi connectivity index (χ0) is 17.5. The van der Waals surface area contributed by atoms with Crippen molar-refractivity contribution in [3.63, 3.8) is 0 Å². The van der Waals surface area contributed by atoms with E-state index in [0.29, 0.717) is 28.0 Å². The maximum Gasteiger partial charge on any atom is 0.276 e. The molecule has 0 aliphatic heterocycles. The van der Waals surface area contributed by atoms with Crippen molar-refractivity contribution in [3.05, 3.63) is 35.0 Å². The molecule has 0 radical (unpaired) electrons. The van der Waals surface area contributed by atoms with Gasteiger partial charge in [-0.15, -0.1) is 10.2 Å². The van der Waals surface area contributed by atoms with Gasteiger partial charge in [0.25, 0.3) is 5.91 Å². The molecule has 24 heavy (non-hydrogen) atoms. The van der Waals surface area contributed by atoms with Gasteiger partial charge in [0.15, 0.2) is 5.69 Å². The quantitative estimate of drug-likeness (QED) is 0.797. The molecule has 0 unspecified atom stereocenters. The molecule has 2 aromatic rings. The normalized spacial score (nSPS) is 10.2. The molecule has 7 nitrogen and oxygen atoms in total. The number of halogens is 1. The number of nitrogens with zero attached hydrogens (tertiary/aromatic N) is 2. The van der Waals surface area contributed by atoms with Gasteiger partial charge in [0.2, 0.25) is 0 Å². The Morgan fingerprint density at radius 2 is 1.92 bits per heavy atom. The van der Waals surface area contributed by atoms with E-state index in [2.05, 4.69) is 27.8 Å². The van der Waals surface area contributed by atoms with Crippen molar-refractivity contribution >= 4 is 29.0 Å². The van der Waals surface area contributed by atoms with E-state index in [-0.39, 0.29) is 5.69 Å². The summed E-state index contributed by atoms with van der Waals surface area (Å²) < 4.78 is 10.4. The van der Waals surface area contributed by atoms with Gasteiger partial charge in [0.1, 0.15) is 17.3 Å². The molecule has 0 spiro atoms. The Bertz CT molecular complexity index is 707. The van der Waals surface area contributed by atoms with Crippen molar-refractivity contribution in [1.29, 1.82) is 0 Å².